The van der Waals surface area contributed by atoms with Crippen LogP contribution in [0.5, 0.6) is 5.75 Å². The monoisotopic (exact) mass is 375 g/mol. The maximum absolute atomic E-state index is 12.6. The van der Waals surface area contributed by atoms with E-state index in [4.69, 9.17) is 10.5 Å². The molecule has 2 N–H and O–H groups in total. The molecule has 3 rings (SSSR count). The van der Waals surface area contributed by atoms with Crippen LogP contribution in [0, 0.1) is 0 Å². The van der Waals surface area contributed by atoms with Gasteiger partial charge in [0.2, 0.25) is 0 Å². The molecule has 1 amide bonds. The van der Waals surface area contributed by atoms with Crippen LogP contribution in [0.15, 0.2) is 54.6 Å². The molecule has 140 valence electrons. The maximum atomic E-state index is 12.6. The molecule has 1 aliphatic heterocycles. The molecule has 5 nitrogen and oxygen atoms in total. The molecule has 2 aromatic carbocycles. The lowest BCUT2D eigenvalue weighted by Gasteiger charge is -2.34. The molecule has 0 radical (unpaired) electrons. The molecule has 0 bridgehead atoms. The van der Waals surface area contributed by atoms with Gasteiger partial charge in [-0.1, -0.05) is 30.3 Å². The first kappa shape index (κ1) is 20.2. The summed E-state index contributed by atoms with van der Waals surface area (Å²) < 4.78 is 5.74. The van der Waals surface area contributed by atoms with E-state index in [9.17, 15) is 4.79 Å². The van der Waals surface area contributed by atoms with E-state index in [1.807, 2.05) is 59.5 Å². The zero-order valence-corrected chi connectivity index (χ0v) is 15.7. The van der Waals surface area contributed by atoms with Gasteiger partial charge in [0.05, 0.1) is 0 Å². The summed E-state index contributed by atoms with van der Waals surface area (Å²) in [7, 11) is 0. The number of amides is 1. The van der Waals surface area contributed by atoms with E-state index in [1.165, 1.54) is 0 Å². The summed E-state index contributed by atoms with van der Waals surface area (Å²) in [5.74, 6) is 1.00. The van der Waals surface area contributed by atoms with E-state index in [0.29, 0.717) is 13.2 Å². The lowest BCUT2D eigenvalue weighted by Crippen LogP contribution is -2.49. The van der Waals surface area contributed by atoms with Crippen molar-refractivity contribution in [2.24, 2.45) is 5.73 Å². The van der Waals surface area contributed by atoms with Crippen LogP contribution in [0.2, 0.25) is 0 Å². The number of piperazine rings is 1. The van der Waals surface area contributed by atoms with E-state index in [2.05, 4.69) is 4.90 Å². The molecular formula is C20H26ClN3O2. The number of rotatable bonds is 6. The highest BCUT2D eigenvalue weighted by Crippen LogP contribution is 2.11. The predicted octanol–water partition coefficient (Wildman–Crippen LogP) is 2.40. The molecule has 6 heteroatoms. The summed E-state index contributed by atoms with van der Waals surface area (Å²) in [4.78, 5) is 16.8. The average molecular weight is 376 g/mol. The van der Waals surface area contributed by atoms with Crippen LogP contribution >= 0.6 is 12.4 Å². The normalized spacial score (nSPS) is 14.6. The maximum Gasteiger partial charge on any atom is 0.253 e. The van der Waals surface area contributed by atoms with E-state index in [0.717, 1.165) is 49.6 Å². The molecule has 1 fully saturated rings. The van der Waals surface area contributed by atoms with Crippen molar-refractivity contribution in [2.45, 2.75) is 6.54 Å². The van der Waals surface area contributed by atoms with E-state index in [-0.39, 0.29) is 18.3 Å². The Hall–Kier alpha value is -2.08. The summed E-state index contributed by atoms with van der Waals surface area (Å²) in [5.41, 5.74) is 7.38. The molecular weight excluding hydrogens is 350 g/mol. The lowest BCUT2D eigenvalue weighted by atomic mass is 10.1. The average Bonchev–Trinajstić information content (AvgIpc) is 2.69. The van der Waals surface area contributed by atoms with Crippen molar-refractivity contribution >= 4 is 18.3 Å². The first-order valence-electron chi connectivity index (χ1n) is 8.75. The van der Waals surface area contributed by atoms with E-state index < -0.39 is 0 Å². The Labute approximate surface area is 161 Å². The Kier molecular flexibility index (Phi) is 7.91. The summed E-state index contributed by atoms with van der Waals surface area (Å²) in [6.45, 7) is 5.31. The van der Waals surface area contributed by atoms with Crippen LogP contribution in [-0.2, 0) is 6.54 Å². The van der Waals surface area contributed by atoms with Gasteiger partial charge in [-0.15, -0.1) is 12.4 Å². The zero-order valence-electron chi connectivity index (χ0n) is 14.8. The molecule has 0 unspecified atom stereocenters. The quantitative estimate of drug-likeness (QED) is 0.842. The number of benzene rings is 2. The van der Waals surface area contributed by atoms with Crippen molar-refractivity contribution in [1.29, 1.82) is 0 Å². The van der Waals surface area contributed by atoms with E-state index in [1.54, 1.807) is 0 Å². The summed E-state index contributed by atoms with van der Waals surface area (Å²) in [6, 6.07) is 17.4. The molecule has 0 aliphatic carbocycles. The highest BCUT2D eigenvalue weighted by atomic mass is 35.5. The van der Waals surface area contributed by atoms with Gasteiger partial charge in [0.25, 0.3) is 5.91 Å². The fraction of sp³-hybridized carbons (Fsp3) is 0.350. The fourth-order valence-electron chi connectivity index (χ4n) is 2.95. The van der Waals surface area contributed by atoms with Crippen LogP contribution < -0.4 is 10.5 Å². The van der Waals surface area contributed by atoms with Gasteiger partial charge in [-0.05, 0) is 29.8 Å². The molecule has 0 spiro atoms. The first-order chi connectivity index (χ1) is 12.3. The summed E-state index contributed by atoms with van der Waals surface area (Å²) in [5, 5.41) is 0. The molecule has 26 heavy (non-hydrogen) atoms. The number of ether oxygens (including phenoxy) is 1. The van der Waals surface area contributed by atoms with Gasteiger partial charge >= 0.3 is 0 Å². The number of halogens is 1. The first-order valence-corrected chi connectivity index (χ1v) is 8.75. The highest BCUT2D eigenvalue weighted by Gasteiger charge is 2.21. The Bertz CT molecular complexity index is 671. The third kappa shape index (κ3) is 5.46. The summed E-state index contributed by atoms with van der Waals surface area (Å²) in [6.07, 6.45) is 0. The largest absolute Gasteiger partial charge is 0.492 e. The second-order valence-electron chi connectivity index (χ2n) is 6.20. The van der Waals surface area contributed by atoms with Crippen LogP contribution in [0.4, 0.5) is 0 Å². The fourth-order valence-corrected chi connectivity index (χ4v) is 2.95. The molecule has 1 heterocycles. The van der Waals surface area contributed by atoms with Gasteiger partial charge in [0.1, 0.15) is 12.4 Å². The standard InChI is InChI=1S/C20H25N3O2.ClH/c21-16-17-6-8-18(9-7-17)20(24)23-12-10-22(11-13-23)14-15-25-19-4-2-1-3-5-19;/h1-9H,10-16,21H2;1H. The van der Waals surface area contributed by atoms with Crippen LogP contribution in [0.3, 0.4) is 0 Å². The highest BCUT2D eigenvalue weighted by molar-refractivity contribution is 5.94. The van der Waals surface area contributed by atoms with Crippen molar-refractivity contribution in [3.63, 3.8) is 0 Å². The second-order valence-corrected chi connectivity index (χ2v) is 6.20. The van der Waals surface area contributed by atoms with Crippen molar-refractivity contribution in [2.75, 3.05) is 39.3 Å². The molecule has 0 saturated carbocycles. The van der Waals surface area contributed by atoms with Gasteiger partial charge < -0.3 is 15.4 Å². The van der Waals surface area contributed by atoms with E-state index >= 15 is 0 Å². The van der Waals surface area contributed by atoms with Crippen molar-refractivity contribution in [1.82, 2.24) is 9.80 Å². The summed E-state index contributed by atoms with van der Waals surface area (Å²) >= 11 is 0. The minimum Gasteiger partial charge on any atom is -0.492 e. The number of nitrogens with two attached hydrogens (primary N) is 1. The molecule has 1 aliphatic rings. The Morgan fingerprint density at radius 3 is 2.23 bits per heavy atom. The predicted molar refractivity (Wildman–Crippen MR) is 106 cm³/mol. The Balaban J connectivity index is 0.00000243. The Morgan fingerprint density at radius 1 is 0.962 bits per heavy atom. The minimum absolute atomic E-state index is 0. The number of hydrogen-bond acceptors (Lipinski definition) is 4. The number of hydrogen-bond donors (Lipinski definition) is 1. The van der Waals surface area contributed by atoms with Crippen LogP contribution in [0.1, 0.15) is 15.9 Å². The SMILES string of the molecule is Cl.NCc1ccc(C(=O)N2CCN(CCOc3ccccc3)CC2)cc1. The van der Waals surface area contributed by atoms with Crippen LogP contribution in [0.25, 0.3) is 0 Å². The zero-order chi connectivity index (χ0) is 17.5. The molecule has 2 aromatic rings. The third-order valence-electron chi connectivity index (χ3n) is 4.52. The van der Waals surface area contributed by atoms with Crippen LogP contribution in [-0.4, -0.2) is 55.0 Å². The lowest BCUT2D eigenvalue weighted by molar-refractivity contribution is 0.0620. The minimum atomic E-state index is 0. The number of carbonyl (C=O) groups is 1. The smallest absolute Gasteiger partial charge is 0.253 e. The van der Waals surface area contributed by atoms with Gasteiger partial charge in [-0.25, -0.2) is 0 Å². The molecule has 0 aromatic heterocycles. The second kappa shape index (κ2) is 10.2. The van der Waals surface area contributed by atoms with Gasteiger partial charge in [-0.3, -0.25) is 9.69 Å². The third-order valence-corrected chi connectivity index (χ3v) is 4.52. The number of carbonyl (C=O) groups excluding carboxylic acids is 1. The molecule has 0 atom stereocenters. The van der Waals surface area contributed by atoms with Crippen molar-refractivity contribution < 1.29 is 9.53 Å². The van der Waals surface area contributed by atoms with Gasteiger partial charge in [0, 0.05) is 44.8 Å². The van der Waals surface area contributed by atoms with Crippen molar-refractivity contribution in [3.8, 4) is 5.75 Å². The van der Waals surface area contributed by atoms with Crippen molar-refractivity contribution in [3.05, 3.63) is 65.7 Å². The Morgan fingerprint density at radius 2 is 1.62 bits per heavy atom. The number of nitrogens with zero attached hydrogens (tertiary/aromatic N) is 2. The number of para-hydroxylation sites is 1. The molecule has 1 saturated heterocycles. The van der Waals surface area contributed by atoms with Gasteiger partial charge in [-0.2, -0.15) is 0 Å². The topological polar surface area (TPSA) is 58.8 Å². The van der Waals surface area contributed by atoms with Gasteiger partial charge in [0.15, 0.2) is 0 Å².